The molecule has 1 aromatic carbocycles. The standard InChI is InChI=1S/C12H14ClN5O/c1-14-12(19)8-3-4-10(13)11(5-8)15-6-9-7-18(2)17-16-9/h3-5,7,15H,6H2,1-2H3,(H,14,19). The SMILES string of the molecule is CNC(=O)c1ccc(Cl)c(NCc2cn(C)nn2)c1. The zero-order valence-electron chi connectivity index (χ0n) is 10.6. The van der Waals surface area contributed by atoms with Gasteiger partial charge in [0.15, 0.2) is 0 Å². The Hall–Kier alpha value is -2.08. The zero-order valence-corrected chi connectivity index (χ0v) is 11.4. The number of amides is 1. The van der Waals surface area contributed by atoms with E-state index in [2.05, 4.69) is 20.9 Å². The number of aryl methyl sites for hydroxylation is 1. The zero-order chi connectivity index (χ0) is 13.8. The van der Waals surface area contributed by atoms with E-state index in [1.165, 1.54) is 0 Å². The van der Waals surface area contributed by atoms with E-state index in [0.29, 0.717) is 22.8 Å². The second-order valence-corrected chi connectivity index (χ2v) is 4.42. The van der Waals surface area contributed by atoms with E-state index in [1.54, 1.807) is 37.0 Å². The highest BCUT2D eigenvalue weighted by atomic mass is 35.5. The first-order valence-corrected chi connectivity index (χ1v) is 6.08. The lowest BCUT2D eigenvalue weighted by Gasteiger charge is -2.08. The molecule has 0 spiro atoms. The number of anilines is 1. The maximum Gasteiger partial charge on any atom is 0.251 e. The van der Waals surface area contributed by atoms with Crippen molar-refractivity contribution in [2.24, 2.45) is 7.05 Å². The van der Waals surface area contributed by atoms with Crippen LogP contribution in [0.25, 0.3) is 0 Å². The third-order valence-corrected chi connectivity index (χ3v) is 2.90. The van der Waals surface area contributed by atoms with Crippen molar-refractivity contribution in [2.45, 2.75) is 6.54 Å². The lowest BCUT2D eigenvalue weighted by molar-refractivity contribution is 0.0963. The number of hydrogen-bond acceptors (Lipinski definition) is 4. The Kier molecular flexibility index (Phi) is 4.01. The van der Waals surface area contributed by atoms with Gasteiger partial charge >= 0.3 is 0 Å². The molecule has 0 unspecified atom stereocenters. The third kappa shape index (κ3) is 3.23. The van der Waals surface area contributed by atoms with Crippen molar-refractivity contribution in [1.29, 1.82) is 0 Å². The van der Waals surface area contributed by atoms with E-state index in [0.717, 1.165) is 5.69 Å². The molecule has 100 valence electrons. The Balaban J connectivity index is 2.12. The molecule has 6 nitrogen and oxygen atoms in total. The van der Waals surface area contributed by atoms with Gasteiger partial charge in [0.05, 0.1) is 17.3 Å². The Bertz CT molecular complexity index is 596. The van der Waals surface area contributed by atoms with Crippen LogP contribution >= 0.6 is 11.6 Å². The van der Waals surface area contributed by atoms with Gasteiger partial charge in [-0.05, 0) is 18.2 Å². The van der Waals surface area contributed by atoms with E-state index in [-0.39, 0.29) is 5.91 Å². The molecule has 0 fully saturated rings. The van der Waals surface area contributed by atoms with Crippen molar-refractivity contribution in [2.75, 3.05) is 12.4 Å². The number of aromatic nitrogens is 3. The average molecular weight is 280 g/mol. The molecule has 0 aliphatic rings. The van der Waals surface area contributed by atoms with E-state index in [1.807, 2.05) is 6.20 Å². The monoisotopic (exact) mass is 279 g/mol. The summed E-state index contributed by atoms with van der Waals surface area (Å²) in [6, 6.07) is 5.07. The number of carbonyl (C=O) groups is 1. The molecule has 1 amide bonds. The molecule has 0 bridgehead atoms. The summed E-state index contributed by atoms with van der Waals surface area (Å²) in [5.41, 5.74) is 2.03. The van der Waals surface area contributed by atoms with Gasteiger partial charge < -0.3 is 10.6 Å². The molecular weight excluding hydrogens is 266 g/mol. The molecule has 1 heterocycles. The number of benzene rings is 1. The molecule has 0 aliphatic carbocycles. The van der Waals surface area contributed by atoms with E-state index < -0.39 is 0 Å². The van der Waals surface area contributed by atoms with Gasteiger partial charge in [0.2, 0.25) is 0 Å². The molecule has 2 rings (SSSR count). The summed E-state index contributed by atoms with van der Waals surface area (Å²) >= 11 is 6.08. The Morgan fingerprint density at radius 3 is 2.89 bits per heavy atom. The highest BCUT2D eigenvalue weighted by molar-refractivity contribution is 6.33. The maximum absolute atomic E-state index is 11.5. The number of hydrogen-bond donors (Lipinski definition) is 2. The number of rotatable bonds is 4. The van der Waals surface area contributed by atoms with E-state index in [4.69, 9.17) is 11.6 Å². The van der Waals surface area contributed by atoms with Crippen LogP contribution in [0.2, 0.25) is 5.02 Å². The van der Waals surface area contributed by atoms with Crippen molar-refractivity contribution in [3.63, 3.8) is 0 Å². The van der Waals surface area contributed by atoms with E-state index in [9.17, 15) is 4.79 Å². The molecule has 19 heavy (non-hydrogen) atoms. The fourth-order valence-electron chi connectivity index (χ4n) is 1.61. The minimum absolute atomic E-state index is 0.154. The smallest absolute Gasteiger partial charge is 0.251 e. The molecule has 1 aromatic heterocycles. The van der Waals surface area contributed by atoms with Crippen LogP contribution in [0.15, 0.2) is 24.4 Å². The van der Waals surface area contributed by atoms with Crippen LogP contribution in [0.4, 0.5) is 5.69 Å². The minimum Gasteiger partial charge on any atom is -0.378 e. The van der Waals surface area contributed by atoms with Crippen molar-refractivity contribution >= 4 is 23.2 Å². The molecule has 2 aromatic rings. The topological polar surface area (TPSA) is 71.8 Å². The molecule has 2 N–H and O–H groups in total. The summed E-state index contributed by atoms with van der Waals surface area (Å²) < 4.78 is 1.62. The number of carbonyl (C=O) groups excluding carboxylic acids is 1. The normalized spacial score (nSPS) is 10.3. The first-order chi connectivity index (χ1) is 9.10. The number of halogens is 1. The van der Waals surface area contributed by atoms with Crippen molar-refractivity contribution in [1.82, 2.24) is 20.3 Å². The van der Waals surface area contributed by atoms with Crippen molar-refractivity contribution < 1.29 is 4.79 Å². The fourth-order valence-corrected chi connectivity index (χ4v) is 1.79. The van der Waals surface area contributed by atoms with Gasteiger partial charge in [-0.25, -0.2) is 0 Å². The minimum atomic E-state index is -0.154. The van der Waals surface area contributed by atoms with Gasteiger partial charge in [0.1, 0.15) is 5.69 Å². The first-order valence-electron chi connectivity index (χ1n) is 5.71. The van der Waals surface area contributed by atoms with Crippen LogP contribution in [-0.4, -0.2) is 27.9 Å². The largest absolute Gasteiger partial charge is 0.378 e. The summed E-state index contributed by atoms with van der Waals surface area (Å²) in [5, 5.41) is 14.1. The van der Waals surface area contributed by atoms with Gasteiger partial charge in [-0.15, -0.1) is 5.10 Å². The predicted molar refractivity (Wildman–Crippen MR) is 73.2 cm³/mol. The lowest BCUT2D eigenvalue weighted by atomic mass is 10.2. The maximum atomic E-state index is 11.5. The molecule has 0 atom stereocenters. The average Bonchev–Trinajstić information content (AvgIpc) is 2.82. The quantitative estimate of drug-likeness (QED) is 0.888. The fraction of sp³-hybridized carbons (Fsp3) is 0.250. The van der Waals surface area contributed by atoms with Crippen LogP contribution in [-0.2, 0) is 13.6 Å². The van der Waals surface area contributed by atoms with Gasteiger partial charge in [0.25, 0.3) is 5.91 Å². The molecular formula is C12H14ClN5O. The summed E-state index contributed by atoms with van der Waals surface area (Å²) in [5.74, 6) is -0.154. The van der Waals surface area contributed by atoms with Crippen LogP contribution in [0.1, 0.15) is 16.1 Å². The first kappa shape index (κ1) is 13.4. The van der Waals surface area contributed by atoms with Crippen LogP contribution < -0.4 is 10.6 Å². The van der Waals surface area contributed by atoms with Crippen molar-refractivity contribution in [3.8, 4) is 0 Å². The Morgan fingerprint density at radius 2 is 2.26 bits per heavy atom. The van der Waals surface area contributed by atoms with Gasteiger partial charge in [-0.1, -0.05) is 16.8 Å². The highest BCUT2D eigenvalue weighted by Crippen LogP contribution is 2.23. The summed E-state index contributed by atoms with van der Waals surface area (Å²) in [4.78, 5) is 11.5. The van der Waals surface area contributed by atoms with E-state index >= 15 is 0 Å². The summed E-state index contributed by atoms with van der Waals surface area (Å²) in [6.07, 6.45) is 1.81. The molecule has 7 heteroatoms. The molecule has 0 saturated heterocycles. The van der Waals surface area contributed by atoms with Crippen LogP contribution in [0.5, 0.6) is 0 Å². The lowest BCUT2D eigenvalue weighted by Crippen LogP contribution is -2.17. The second-order valence-electron chi connectivity index (χ2n) is 4.01. The second kappa shape index (κ2) is 5.71. The highest BCUT2D eigenvalue weighted by Gasteiger charge is 2.08. The molecule has 0 saturated carbocycles. The summed E-state index contributed by atoms with van der Waals surface area (Å²) in [6.45, 7) is 0.491. The Morgan fingerprint density at radius 1 is 1.47 bits per heavy atom. The van der Waals surface area contributed by atoms with Gasteiger partial charge in [-0.3, -0.25) is 9.48 Å². The number of nitrogens with one attached hydrogen (secondary N) is 2. The Labute approximate surface area is 115 Å². The molecule has 0 radical (unpaired) electrons. The number of nitrogens with zero attached hydrogens (tertiary/aromatic N) is 3. The third-order valence-electron chi connectivity index (χ3n) is 2.57. The predicted octanol–water partition coefficient (Wildman–Crippen LogP) is 1.44. The van der Waals surface area contributed by atoms with Crippen LogP contribution in [0.3, 0.4) is 0 Å². The van der Waals surface area contributed by atoms with Gasteiger partial charge in [0, 0.05) is 25.9 Å². The van der Waals surface area contributed by atoms with Gasteiger partial charge in [-0.2, -0.15) is 0 Å². The molecule has 0 aliphatic heterocycles. The van der Waals surface area contributed by atoms with Crippen LogP contribution in [0, 0.1) is 0 Å². The summed E-state index contributed by atoms with van der Waals surface area (Å²) in [7, 11) is 3.39. The van der Waals surface area contributed by atoms with Crippen molar-refractivity contribution in [3.05, 3.63) is 40.7 Å².